The van der Waals surface area contributed by atoms with Gasteiger partial charge in [0.05, 0.1) is 23.6 Å². The maximum absolute atomic E-state index is 13.0. The van der Waals surface area contributed by atoms with Crippen LogP contribution < -0.4 is 9.64 Å². The SMILES string of the molecule is COc1ccc(C(O)=C2C(=O)C(=O)N(c3cc(C)on3)[C@H]2c2ccc([N+](=O)[O-])cc2)cc1. The molecular formula is C22H17N3O7. The van der Waals surface area contributed by atoms with E-state index in [-0.39, 0.29) is 17.1 Å². The van der Waals surface area contributed by atoms with E-state index in [2.05, 4.69) is 5.16 Å². The van der Waals surface area contributed by atoms with Gasteiger partial charge in [0.2, 0.25) is 0 Å². The van der Waals surface area contributed by atoms with E-state index in [0.717, 1.165) is 4.90 Å². The van der Waals surface area contributed by atoms with Gasteiger partial charge in [-0.25, -0.2) is 0 Å². The third-order valence-electron chi connectivity index (χ3n) is 5.09. The Labute approximate surface area is 181 Å². The van der Waals surface area contributed by atoms with Crippen LogP contribution in [0.25, 0.3) is 5.76 Å². The fraction of sp³-hybridized carbons (Fsp3) is 0.136. The van der Waals surface area contributed by atoms with Gasteiger partial charge >= 0.3 is 5.91 Å². The highest BCUT2D eigenvalue weighted by molar-refractivity contribution is 6.51. The monoisotopic (exact) mass is 435 g/mol. The Kier molecular flexibility index (Phi) is 5.19. The van der Waals surface area contributed by atoms with E-state index in [0.29, 0.717) is 22.6 Å². The van der Waals surface area contributed by atoms with Gasteiger partial charge < -0.3 is 14.4 Å². The number of nitro benzene ring substituents is 1. The van der Waals surface area contributed by atoms with Gasteiger partial charge in [0.15, 0.2) is 5.82 Å². The first-order valence-electron chi connectivity index (χ1n) is 9.45. The van der Waals surface area contributed by atoms with E-state index in [1.807, 2.05) is 0 Å². The van der Waals surface area contributed by atoms with E-state index in [1.54, 1.807) is 31.2 Å². The number of benzene rings is 2. The van der Waals surface area contributed by atoms with E-state index in [9.17, 15) is 24.8 Å². The summed E-state index contributed by atoms with van der Waals surface area (Å²) in [6, 6.07) is 12.1. The van der Waals surface area contributed by atoms with Gasteiger partial charge in [-0.05, 0) is 48.9 Å². The fourth-order valence-electron chi connectivity index (χ4n) is 3.53. The van der Waals surface area contributed by atoms with Crippen molar-refractivity contribution in [3.05, 3.63) is 87.2 Å². The number of hydrogen-bond donors (Lipinski definition) is 1. The molecule has 0 aliphatic carbocycles. The minimum Gasteiger partial charge on any atom is -0.507 e. The molecule has 1 aromatic heterocycles. The number of ether oxygens (including phenoxy) is 1. The molecule has 1 saturated heterocycles. The standard InChI is InChI=1S/C22H17N3O7/c1-12-11-17(23-32-12)24-19(13-3-7-15(8-4-13)25(29)30)18(21(27)22(24)28)20(26)14-5-9-16(31-2)10-6-14/h3-11,19,26H,1-2H3/t19-/m0/s1. The summed E-state index contributed by atoms with van der Waals surface area (Å²) in [6.45, 7) is 1.63. The van der Waals surface area contributed by atoms with Crippen LogP contribution in [0.4, 0.5) is 11.5 Å². The first-order valence-corrected chi connectivity index (χ1v) is 9.45. The van der Waals surface area contributed by atoms with Crippen LogP contribution in [0.1, 0.15) is 22.9 Å². The first-order chi connectivity index (χ1) is 15.3. The number of aliphatic hydroxyl groups is 1. The van der Waals surface area contributed by atoms with Crippen LogP contribution in [-0.4, -0.2) is 34.0 Å². The second kappa shape index (κ2) is 7.99. The summed E-state index contributed by atoms with van der Waals surface area (Å²) in [5.74, 6) is -1.16. The number of carbonyl (C=O) groups is 2. The van der Waals surface area contributed by atoms with Gasteiger partial charge in [-0.2, -0.15) is 0 Å². The number of anilines is 1. The number of amides is 1. The number of non-ortho nitro benzene ring substituents is 1. The van der Waals surface area contributed by atoms with Crippen LogP contribution in [0.2, 0.25) is 0 Å². The molecule has 162 valence electrons. The zero-order chi connectivity index (χ0) is 23.0. The van der Waals surface area contributed by atoms with Crippen molar-refractivity contribution in [1.82, 2.24) is 5.16 Å². The molecule has 0 radical (unpaired) electrons. The van der Waals surface area contributed by atoms with E-state index in [1.165, 1.54) is 37.4 Å². The fourth-order valence-corrected chi connectivity index (χ4v) is 3.53. The lowest BCUT2D eigenvalue weighted by atomic mass is 9.95. The molecular weight excluding hydrogens is 418 g/mol. The Bertz CT molecular complexity index is 1240. The molecule has 1 fully saturated rings. The summed E-state index contributed by atoms with van der Waals surface area (Å²) in [7, 11) is 1.49. The number of ketones is 1. The van der Waals surface area contributed by atoms with Crippen molar-refractivity contribution < 1.29 is 28.9 Å². The van der Waals surface area contributed by atoms with Crippen LogP contribution >= 0.6 is 0 Å². The highest BCUT2D eigenvalue weighted by atomic mass is 16.6. The molecule has 0 spiro atoms. The Hall–Kier alpha value is -4.47. The third-order valence-corrected chi connectivity index (χ3v) is 5.09. The zero-order valence-corrected chi connectivity index (χ0v) is 17.0. The molecule has 10 nitrogen and oxygen atoms in total. The number of nitro groups is 1. The number of Topliss-reactive ketones (excluding diaryl/α,β-unsaturated/α-hetero) is 1. The normalized spacial score (nSPS) is 17.6. The smallest absolute Gasteiger partial charge is 0.301 e. The zero-order valence-electron chi connectivity index (χ0n) is 17.0. The number of methoxy groups -OCH3 is 1. The van der Waals surface area contributed by atoms with Crippen molar-refractivity contribution in [2.24, 2.45) is 0 Å². The Morgan fingerprint density at radius 3 is 2.34 bits per heavy atom. The topological polar surface area (TPSA) is 136 Å². The Morgan fingerprint density at radius 1 is 1.16 bits per heavy atom. The summed E-state index contributed by atoms with van der Waals surface area (Å²) in [5, 5.41) is 25.9. The minimum atomic E-state index is -1.07. The molecule has 0 unspecified atom stereocenters. The molecule has 1 atom stereocenters. The van der Waals surface area contributed by atoms with Crippen LogP contribution in [-0.2, 0) is 9.59 Å². The second-order valence-electron chi connectivity index (χ2n) is 7.04. The molecule has 10 heteroatoms. The summed E-state index contributed by atoms with van der Waals surface area (Å²) in [6.07, 6.45) is 0. The number of nitrogens with zero attached hydrogens (tertiary/aromatic N) is 3. The molecule has 1 aliphatic rings. The predicted octanol–water partition coefficient (Wildman–Crippen LogP) is 3.53. The highest BCUT2D eigenvalue weighted by Crippen LogP contribution is 2.42. The van der Waals surface area contributed by atoms with E-state index < -0.39 is 28.4 Å². The highest BCUT2D eigenvalue weighted by Gasteiger charge is 2.48. The maximum Gasteiger partial charge on any atom is 0.301 e. The summed E-state index contributed by atoms with van der Waals surface area (Å²) >= 11 is 0. The number of hydrogen-bond acceptors (Lipinski definition) is 8. The molecule has 2 aromatic carbocycles. The van der Waals surface area contributed by atoms with Gasteiger partial charge in [0.1, 0.15) is 17.3 Å². The summed E-state index contributed by atoms with van der Waals surface area (Å²) in [5.41, 5.74) is 0.352. The Balaban J connectivity index is 1.90. The minimum absolute atomic E-state index is 0.0849. The summed E-state index contributed by atoms with van der Waals surface area (Å²) < 4.78 is 10.2. The molecule has 1 aliphatic heterocycles. The van der Waals surface area contributed by atoms with Crippen molar-refractivity contribution in [3.63, 3.8) is 0 Å². The van der Waals surface area contributed by atoms with E-state index in [4.69, 9.17) is 9.26 Å². The molecule has 0 bridgehead atoms. The quantitative estimate of drug-likeness (QED) is 0.211. The average molecular weight is 435 g/mol. The van der Waals surface area contributed by atoms with Gasteiger partial charge in [0, 0.05) is 23.8 Å². The van der Waals surface area contributed by atoms with Crippen molar-refractivity contribution >= 4 is 29.0 Å². The lowest BCUT2D eigenvalue weighted by Crippen LogP contribution is -2.29. The van der Waals surface area contributed by atoms with Gasteiger partial charge in [0.25, 0.3) is 11.5 Å². The van der Waals surface area contributed by atoms with E-state index >= 15 is 0 Å². The lowest BCUT2D eigenvalue weighted by Gasteiger charge is -2.22. The predicted molar refractivity (Wildman–Crippen MR) is 112 cm³/mol. The van der Waals surface area contributed by atoms with Crippen molar-refractivity contribution in [1.29, 1.82) is 0 Å². The average Bonchev–Trinajstić information content (AvgIpc) is 3.34. The molecule has 4 rings (SSSR count). The van der Waals surface area contributed by atoms with Gasteiger partial charge in [-0.1, -0.05) is 5.16 Å². The van der Waals surface area contributed by atoms with Crippen LogP contribution in [0.15, 0.2) is 64.7 Å². The number of aryl methyl sites for hydroxylation is 1. The molecule has 1 N–H and O–H groups in total. The molecule has 3 aromatic rings. The van der Waals surface area contributed by atoms with Crippen LogP contribution in [0.5, 0.6) is 5.75 Å². The number of carbonyl (C=O) groups excluding carboxylic acids is 2. The second-order valence-corrected chi connectivity index (χ2v) is 7.04. The summed E-state index contributed by atoms with van der Waals surface area (Å²) in [4.78, 5) is 37.5. The van der Waals surface area contributed by atoms with Crippen molar-refractivity contribution in [2.45, 2.75) is 13.0 Å². The van der Waals surface area contributed by atoms with Crippen LogP contribution in [0, 0.1) is 17.0 Å². The molecule has 2 heterocycles. The van der Waals surface area contributed by atoms with Gasteiger partial charge in [-0.3, -0.25) is 24.6 Å². The number of aromatic nitrogens is 1. The largest absolute Gasteiger partial charge is 0.507 e. The number of aliphatic hydroxyl groups excluding tert-OH is 1. The van der Waals surface area contributed by atoms with Crippen molar-refractivity contribution in [3.8, 4) is 5.75 Å². The molecule has 32 heavy (non-hydrogen) atoms. The lowest BCUT2D eigenvalue weighted by molar-refractivity contribution is -0.384. The van der Waals surface area contributed by atoms with Crippen molar-refractivity contribution in [2.75, 3.05) is 12.0 Å². The van der Waals surface area contributed by atoms with Crippen LogP contribution in [0.3, 0.4) is 0 Å². The number of rotatable bonds is 5. The molecule has 0 saturated carbocycles. The molecule has 1 amide bonds. The first kappa shape index (κ1) is 20.8. The Morgan fingerprint density at radius 2 is 1.81 bits per heavy atom. The van der Waals surface area contributed by atoms with Gasteiger partial charge in [-0.15, -0.1) is 0 Å². The maximum atomic E-state index is 13.0. The third kappa shape index (κ3) is 3.47.